The van der Waals surface area contributed by atoms with Crippen molar-refractivity contribution in [1.29, 1.82) is 0 Å². The zero-order valence-electron chi connectivity index (χ0n) is 16.1. The van der Waals surface area contributed by atoms with Gasteiger partial charge in [0, 0.05) is 13.1 Å². The lowest BCUT2D eigenvalue weighted by Crippen LogP contribution is -2.40. The lowest BCUT2D eigenvalue weighted by Gasteiger charge is -2.22. The van der Waals surface area contributed by atoms with Crippen LogP contribution in [0.2, 0.25) is 0 Å². The molecule has 1 aliphatic rings. The number of rotatable bonds is 5. The number of amides is 2. The van der Waals surface area contributed by atoms with Crippen LogP contribution in [-0.2, 0) is 26.5 Å². The first-order valence-electron chi connectivity index (χ1n) is 9.37. The molecule has 0 unspecified atom stereocenters. The number of carbonyl (C=O) groups excluding carboxylic acids is 2. The van der Waals surface area contributed by atoms with Crippen molar-refractivity contribution < 1.29 is 18.0 Å². The molecule has 0 atom stereocenters. The van der Waals surface area contributed by atoms with E-state index in [9.17, 15) is 18.0 Å². The van der Waals surface area contributed by atoms with Crippen molar-refractivity contribution in [2.45, 2.75) is 45.1 Å². The van der Waals surface area contributed by atoms with E-state index in [1.807, 2.05) is 25.1 Å². The molecule has 1 saturated carbocycles. The smallest absolute Gasteiger partial charge is 0.263 e. The quantitative estimate of drug-likeness (QED) is 0.793. The molecule has 0 bridgehead atoms. The van der Waals surface area contributed by atoms with E-state index >= 15 is 0 Å². The first kappa shape index (κ1) is 20.7. The monoisotopic (exact) mass is 423 g/mol. The van der Waals surface area contributed by atoms with Gasteiger partial charge in [-0.05, 0) is 37.5 Å². The molecular weight excluding hydrogens is 398 g/mol. The zero-order valence-corrected chi connectivity index (χ0v) is 17.7. The summed E-state index contributed by atoms with van der Waals surface area (Å²) in [6, 6.07) is 5.95. The minimum absolute atomic E-state index is 0.0397. The summed E-state index contributed by atoms with van der Waals surface area (Å²) in [7, 11) is -2.08. The van der Waals surface area contributed by atoms with E-state index in [1.54, 1.807) is 11.6 Å². The van der Waals surface area contributed by atoms with Crippen LogP contribution >= 0.6 is 11.3 Å². The van der Waals surface area contributed by atoms with E-state index in [4.69, 9.17) is 0 Å². The fraction of sp³-hybridized carbons (Fsp3) is 0.526. The first-order chi connectivity index (χ1) is 13.2. The highest BCUT2D eigenvalue weighted by atomic mass is 32.2. The van der Waals surface area contributed by atoms with Gasteiger partial charge in [0.25, 0.3) is 5.91 Å². The highest BCUT2D eigenvalue weighted by Gasteiger charge is 2.23. The average Bonchev–Trinajstić information content (AvgIpc) is 2.89. The third-order valence-corrected chi connectivity index (χ3v) is 7.33. The summed E-state index contributed by atoms with van der Waals surface area (Å²) < 4.78 is 27.2. The number of hydrogen-bond acceptors (Lipinski definition) is 5. The van der Waals surface area contributed by atoms with Crippen LogP contribution in [0.5, 0.6) is 0 Å². The summed E-state index contributed by atoms with van der Waals surface area (Å²) in [6.45, 7) is 1.98. The van der Waals surface area contributed by atoms with Gasteiger partial charge in [0.1, 0.15) is 11.5 Å². The van der Waals surface area contributed by atoms with E-state index in [0.717, 1.165) is 47.9 Å². The second-order valence-electron chi connectivity index (χ2n) is 7.36. The van der Waals surface area contributed by atoms with Crippen molar-refractivity contribution in [3.05, 3.63) is 28.6 Å². The molecule has 1 aromatic carbocycles. The Morgan fingerprint density at radius 1 is 1.21 bits per heavy atom. The molecule has 28 heavy (non-hydrogen) atoms. The van der Waals surface area contributed by atoms with Gasteiger partial charge in [-0.3, -0.25) is 9.59 Å². The molecule has 1 aromatic heterocycles. The lowest BCUT2D eigenvalue weighted by atomic mass is 9.95. The standard InChI is InChI=1S/C19H25N3O4S2/c1-13-8-9-15-16(10-13)27-19(22(15)2)21-18(24)12-28(25,26)11-17(23)20-14-6-4-3-5-7-14/h8-10,14H,3-7,11-12H2,1-2H3,(H,20,23). The number of carbonyl (C=O) groups is 2. The molecular formula is C19H25N3O4S2. The number of hydrogen-bond donors (Lipinski definition) is 1. The molecule has 7 nitrogen and oxygen atoms in total. The van der Waals surface area contributed by atoms with Crippen LogP contribution in [0.3, 0.4) is 0 Å². The third kappa shape index (κ3) is 5.29. The van der Waals surface area contributed by atoms with Gasteiger partial charge >= 0.3 is 0 Å². The summed E-state index contributed by atoms with van der Waals surface area (Å²) in [5.74, 6) is -2.74. The molecule has 9 heteroatoms. The molecule has 0 aliphatic heterocycles. The van der Waals surface area contributed by atoms with Crippen LogP contribution < -0.4 is 10.1 Å². The van der Waals surface area contributed by atoms with E-state index in [1.165, 1.54) is 11.3 Å². The van der Waals surface area contributed by atoms with Gasteiger partial charge in [0.05, 0.1) is 10.2 Å². The molecule has 1 aliphatic carbocycles. The van der Waals surface area contributed by atoms with Gasteiger partial charge in [-0.15, -0.1) is 0 Å². The Hall–Kier alpha value is -2.00. The van der Waals surface area contributed by atoms with Crippen LogP contribution in [0.15, 0.2) is 23.2 Å². The van der Waals surface area contributed by atoms with Crippen LogP contribution in [0.4, 0.5) is 0 Å². The molecule has 1 N–H and O–H groups in total. The number of aromatic nitrogens is 1. The van der Waals surface area contributed by atoms with Crippen LogP contribution in [0.1, 0.15) is 37.7 Å². The largest absolute Gasteiger partial charge is 0.352 e. The summed E-state index contributed by atoms with van der Waals surface area (Å²) in [5, 5.41) is 2.77. The SMILES string of the molecule is Cc1ccc2c(c1)sc(=NC(=O)CS(=O)(=O)CC(=O)NC1CCCCC1)n2C. The van der Waals surface area contributed by atoms with Crippen molar-refractivity contribution >= 4 is 43.2 Å². The minimum atomic E-state index is -3.86. The normalized spacial score (nSPS) is 16.4. The maximum Gasteiger partial charge on any atom is 0.263 e. The topological polar surface area (TPSA) is 97.6 Å². The predicted octanol–water partition coefficient (Wildman–Crippen LogP) is 1.84. The minimum Gasteiger partial charge on any atom is -0.352 e. The van der Waals surface area contributed by atoms with Gasteiger partial charge in [-0.25, -0.2) is 8.42 Å². The molecule has 0 radical (unpaired) electrons. The fourth-order valence-electron chi connectivity index (χ4n) is 3.44. The molecule has 1 fully saturated rings. The number of nitrogens with zero attached hydrogens (tertiary/aromatic N) is 2. The second kappa shape index (κ2) is 8.57. The number of sulfone groups is 1. The summed E-state index contributed by atoms with van der Waals surface area (Å²) >= 11 is 1.33. The zero-order chi connectivity index (χ0) is 20.3. The van der Waals surface area contributed by atoms with Crippen molar-refractivity contribution in [2.75, 3.05) is 11.5 Å². The Kier molecular flexibility index (Phi) is 6.34. The summed E-state index contributed by atoms with van der Waals surface area (Å²) in [6.07, 6.45) is 4.99. The molecule has 1 heterocycles. The van der Waals surface area contributed by atoms with Gasteiger partial charge in [0.2, 0.25) is 5.91 Å². The predicted molar refractivity (Wildman–Crippen MR) is 110 cm³/mol. The van der Waals surface area contributed by atoms with Gasteiger partial charge < -0.3 is 9.88 Å². The van der Waals surface area contributed by atoms with Crippen LogP contribution in [0, 0.1) is 6.92 Å². The van der Waals surface area contributed by atoms with E-state index < -0.39 is 33.2 Å². The Morgan fingerprint density at radius 3 is 2.64 bits per heavy atom. The van der Waals surface area contributed by atoms with Crippen molar-refractivity contribution in [1.82, 2.24) is 9.88 Å². The molecule has 0 spiro atoms. The van der Waals surface area contributed by atoms with E-state index in [-0.39, 0.29) is 6.04 Å². The average molecular weight is 424 g/mol. The maximum absolute atomic E-state index is 12.2. The molecule has 2 aromatic rings. The Morgan fingerprint density at radius 2 is 1.93 bits per heavy atom. The fourth-order valence-corrected chi connectivity index (χ4v) is 5.60. The van der Waals surface area contributed by atoms with E-state index in [0.29, 0.717) is 4.80 Å². The van der Waals surface area contributed by atoms with E-state index in [2.05, 4.69) is 10.3 Å². The number of thiazole rings is 1. The Labute approximate surface area is 168 Å². The van der Waals surface area contributed by atoms with Gasteiger partial charge in [0.15, 0.2) is 14.6 Å². The molecule has 2 amide bonds. The van der Waals surface area contributed by atoms with Crippen LogP contribution in [0.25, 0.3) is 10.2 Å². The van der Waals surface area contributed by atoms with Gasteiger partial charge in [-0.1, -0.05) is 36.7 Å². The lowest BCUT2D eigenvalue weighted by molar-refractivity contribution is -0.119. The number of benzene rings is 1. The maximum atomic E-state index is 12.2. The highest BCUT2D eigenvalue weighted by molar-refractivity contribution is 7.92. The Bertz CT molecular complexity index is 1060. The van der Waals surface area contributed by atoms with Crippen molar-refractivity contribution in [3.8, 4) is 0 Å². The molecule has 0 saturated heterocycles. The Balaban J connectivity index is 1.67. The van der Waals surface area contributed by atoms with Crippen LogP contribution in [-0.4, -0.2) is 42.3 Å². The summed E-state index contributed by atoms with van der Waals surface area (Å²) in [4.78, 5) is 28.7. The van der Waals surface area contributed by atoms with Crippen molar-refractivity contribution in [3.63, 3.8) is 0 Å². The third-order valence-electron chi connectivity index (χ3n) is 4.85. The van der Waals surface area contributed by atoms with Crippen molar-refractivity contribution in [2.24, 2.45) is 12.0 Å². The van der Waals surface area contributed by atoms with Gasteiger partial charge in [-0.2, -0.15) is 4.99 Å². The first-order valence-corrected chi connectivity index (χ1v) is 12.0. The highest BCUT2D eigenvalue weighted by Crippen LogP contribution is 2.18. The second-order valence-corrected chi connectivity index (χ2v) is 10.4. The number of nitrogens with one attached hydrogen (secondary N) is 1. The molecule has 3 rings (SSSR count). The number of fused-ring (bicyclic) bond motifs is 1. The summed E-state index contributed by atoms with van der Waals surface area (Å²) in [5.41, 5.74) is 2.02. The molecule has 152 valence electrons. The number of aryl methyl sites for hydroxylation is 2.